The SMILES string of the molecule is Cc1ccc(CSCCNC(N)=NCC(C)C)cc1. The number of rotatable bonds is 7. The van der Waals surface area contributed by atoms with Gasteiger partial charge in [-0.2, -0.15) is 11.8 Å². The predicted octanol–water partition coefficient (Wildman–Crippen LogP) is 2.79. The van der Waals surface area contributed by atoms with Crippen LogP contribution < -0.4 is 11.1 Å². The van der Waals surface area contributed by atoms with Gasteiger partial charge in [-0.15, -0.1) is 0 Å². The van der Waals surface area contributed by atoms with E-state index >= 15 is 0 Å². The number of hydrogen-bond donors (Lipinski definition) is 2. The van der Waals surface area contributed by atoms with Crippen LogP contribution in [0.4, 0.5) is 0 Å². The molecule has 4 heteroatoms. The van der Waals surface area contributed by atoms with E-state index in [9.17, 15) is 0 Å². The average molecular weight is 279 g/mol. The van der Waals surface area contributed by atoms with Crippen LogP contribution in [0.3, 0.4) is 0 Å². The van der Waals surface area contributed by atoms with Crippen LogP contribution in [0, 0.1) is 12.8 Å². The third-order valence-electron chi connectivity index (χ3n) is 2.57. The molecular weight excluding hydrogens is 254 g/mol. The van der Waals surface area contributed by atoms with E-state index < -0.39 is 0 Å². The van der Waals surface area contributed by atoms with Crippen molar-refractivity contribution in [3.8, 4) is 0 Å². The molecule has 0 amide bonds. The number of aliphatic imine (C=N–C) groups is 1. The number of hydrogen-bond acceptors (Lipinski definition) is 2. The molecule has 1 aromatic rings. The van der Waals surface area contributed by atoms with Crippen LogP contribution in [0.25, 0.3) is 0 Å². The van der Waals surface area contributed by atoms with Gasteiger partial charge in [0, 0.05) is 24.6 Å². The van der Waals surface area contributed by atoms with Gasteiger partial charge in [-0.3, -0.25) is 4.99 Å². The molecule has 0 unspecified atom stereocenters. The Morgan fingerprint density at radius 3 is 2.63 bits per heavy atom. The van der Waals surface area contributed by atoms with Gasteiger partial charge in [0.1, 0.15) is 0 Å². The summed E-state index contributed by atoms with van der Waals surface area (Å²) >= 11 is 1.91. The fraction of sp³-hybridized carbons (Fsp3) is 0.533. The van der Waals surface area contributed by atoms with Gasteiger partial charge in [-0.05, 0) is 18.4 Å². The van der Waals surface area contributed by atoms with E-state index in [1.54, 1.807) is 0 Å². The lowest BCUT2D eigenvalue weighted by molar-refractivity contribution is 0.662. The second kappa shape index (κ2) is 8.86. The summed E-state index contributed by atoms with van der Waals surface area (Å²) in [6.07, 6.45) is 0. The van der Waals surface area contributed by atoms with E-state index in [0.29, 0.717) is 11.9 Å². The quantitative estimate of drug-likeness (QED) is 0.458. The van der Waals surface area contributed by atoms with Crippen molar-refractivity contribution >= 4 is 17.7 Å². The van der Waals surface area contributed by atoms with Crippen molar-refractivity contribution in [1.82, 2.24) is 5.32 Å². The van der Waals surface area contributed by atoms with Gasteiger partial charge in [0.05, 0.1) is 0 Å². The molecule has 0 aromatic heterocycles. The highest BCUT2D eigenvalue weighted by atomic mass is 32.2. The molecule has 0 spiro atoms. The number of nitrogens with two attached hydrogens (primary N) is 1. The first kappa shape index (κ1) is 15.9. The monoisotopic (exact) mass is 279 g/mol. The summed E-state index contributed by atoms with van der Waals surface area (Å²) in [4.78, 5) is 4.26. The van der Waals surface area contributed by atoms with Crippen LogP contribution >= 0.6 is 11.8 Å². The molecule has 0 atom stereocenters. The second-order valence-electron chi connectivity index (χ2n) is 5.08. The summed E-state index contributed by atoms with van der Waals surface area (Å²) in [5, 5.41) is 3.14. The molecule has 0 saturated carbocycles. The first-order valence-electron chi connectivity index (χ1n) is 6.75. The summed E-state index contributed by atoms with van der Waals surface area (Å²) in [7, 11) is 0. The number of benzene rings is 1. The summed E-state index contributed by atoms with van der Waals surface area (Å²) in [5.41, 5.74) is 8.44. The highest BCUT2D eigenvalue weighted by molar-refractivity contribution is 7.98. The van der Waals surface area contributed by atoms with Gasteiger partial charge in [0.15, 0.2) is 5.96 Å². The zero-order valence-corrected chi connectivity index (χ0v) is 13.0. The zero-order valence-electron chi connectivity index (χ0n) is 12.1. The Kier molecular flexibility index (Phi) is 7.41. The Morgan fingerprint density at radius 1 is 1.32 bits per heavy atom. The Bertz CT molecular complexity index is 385. The average Bonchev–Trinajstić information content (AvgIpc) is 2.38. The van der Waals surface area contributed by atoms with Crippen molar-refractivity contribution in [2.45, 2.75) is 26.5 Å². The van der Waals surface area contributed by atoms with Crippen molar-refractivity contribution in [3.05, 3.63) is 35.4 Å². The van der Waals surface area contributed by atoms with Crippen LogP contribution in [-0.2, 0) is 5.75 Å². The fourth-order valence-corrected chi connectivity index (χ4v) is 2.28. The van der Waals surface area contributed by atoms with E-state index in [-0.39, 0.29) is 0 Å². The van der Waals surface area contributed by atoms with Crippen molar-refractivity contribution in [2.75, 3.05) is 18.8 Å². The van der Waals surface area contributed by atoms with E-state index in [0.717, 1.165) is 24.6 Å². The van der Waals surface area contributed by atoms with Gasteiger partial charge in [-0.25, -0.2) is 0 Å². The number of thioether (sulfide) groups is 1. The van der Waals surface area contributed by atoms with Gasteiger partial charge < -0.3 is 11.1 Å². The van der Waals surface area contributed by atoms with Gasteiger partial charge in [-0.1, -0.05) is 43.7 Å². The second-order valence-corrected chi connectivity index (χ2v) is 6.19. The lowest BCUT2D eigenvalue weighted by Crippen LogP contribution is -2.33. The molecule has 0 fully saturated rings. The summed E-state index contributed by atoms with van der Waals surface area (Å²) < 4.78 is 0. The fourth-order valence-electron chi connectivity index (χ4n) is 1.46. The maximum atomic E-state index is 5.76. The molecule has 3 N–H and O–H groups in total. The topological polar surface area (TPSA) is 50.4 Å². The molecule has 0 radical (unpaired) electrons. The number of nitrogens with zero attached hydrogens (tertiary/aromatic N) is 1. The molecular formula is C15H25N3S. The molecule has 3 nitrogen and oxygen atoms in total. The highest BCUT2D eigenvalue weighted by Crippen LogP contribution is 2.12. The third kappa shape index (κ3) is 7.78. The first-order chi connectivity index (χ1) is 9.08. The predicted molar refractivity (Wildman–Crippen MR) is 86.7 cm³/mol. The summed E-state index contributed by atoms with van der Waals surface area (Å²) in [6.45, 7) is 8.03. The first-order valence-corrected chi connectivity index (χ1v) is 7.90. The lowest BCUT2D eigenvalue weighted by Gasteiger charge is -2.07. The van der Waals surface area contributed by atoms with E-state index in [1.807, 2.05) is 11.8 Å². The molecule has 19 heavy (non-hydrogen) atoms. The minimum Gasteiger partial charge on any atom is -0.370 e. The minimum atomic E-state index is 0.552. The van der Waals surface area contributed by atoms with Gasteiger partial charge >= 0.3 is 0 Å². The minimum absolute atomic E-state index is 0.552. The van der Waals surface area contributed by atoms with Crippen molar-refractivity contribution in [3.63, 3.8) is 0 Å². The van der Waals surface area contributed by atoms with Crippen molar-refractivity contribution < 1.29 is 0 Å². The van der Waals surface area contributed by atoms with E-state index in [2.05, 4.69) is 55.3 Å². The molecule has 106 valence electrons. The third-order valence-corrected chi connectivity index (χ3v) is 3.60. The van der Waals surface area contributed by atoms with Crippen molar-refractivity contribution in [2.24, 2.45) is 16.6 Å². The highest BCUT2D eigenvalue weighted by Gasteiger charge is 1.96. The molecule has 0 aliphatic heterocycles. The van der Waals surface area contributed by atoms with E-state index in [4.69, 9.17) is 5.73 Å². The Balaban J connectivity index is 2.11. The normalized spacial score (nSPS) is 11.9. The summed E-state index contributed by atoms with van der Waals surface area (Å²) in [6, 6.07) is 8.69. The van der Waals surface area contributed by atoms with Crippen LogP contribution in [0.1, 0.15) is 25.0 Å². The molecule has 0 aliphatic carbocycles. The van der Waals surface area contributed by atoms with Crippen LogP contribution in [0.5, 0.6) is 0 Å². The van der Waals surface area contributed by atoms with Crippen molar-refractivity contribution in [1.29, 1.82) is 0 Å². The smallest absolute Gasteiger partial charge is 0.188 e. The van der Waals surface area contributed by atoms with Gasteiger partial charge in [0.25, 0.3) is 0 Å². The molecule has 0 heterocycles. The van der Waals surface area contributed by atoms with Crippen LogP contribution in [-0.4, -0.2) is 24.8 Å². The Hall–Kier alpha value is -1.16. The maximum absolute atomic E-state index is 5.76. The number of nitrogens with one attached hydrogen (secondary N) is 1. The number of guanidine groups is 1. The lowest BCUT2D eigenvalue weighted by atomic mass is 10.2. The Morgan fingerprint density at radius 2 is 2.00 bits per heavy atom. The van der Waals surface area contributed by atoms with E-state index in [1.165, 1.54) is 11.1 Å². The molecule has 0 bridgehead atoms. The number of aryl methyl sites for hydroxylation is 1. The molecule has 1 aromatic carbocycles. The largest absolute Gasteiger partial charge is 0.370 e. The molecule has 0 aliphatic rings. The summed E-state index contributed by atoms with van der Waals surface area (Å²) in [5.74, 6) is 3.19. The standard InChI is InChI=1S/C15H25N3S/c1-12(2)10-18-15(16)17-8-9-19-11-14-6-4-13(3)5-7-14/h4-7,12H,8-11H2,1-3H3,(H3,16,17,18). The van der Waals surface area contributed by atoms with Crippen LogP contribution in [0.15, 0.2) is 29.3 Å². The zero-order chi connectivity index (χ0) is 14.1. The molecule has 1 rings (SSSR count). The van der Waals surface area contributed by atoms with Gasteiger partial charge in [0.2, 0.25) is 0 Å². The maximum Gasteiger partial charge on any atom is 0.188 e. The molecule has 0 saturated heterocycles. The van der Waals surface area contributed by atoms with Crippen LogP contribution in [0.2, 0.25) is 0 Å². The Labute approximate surface area is 121 Å².